The van der Waals surface area contributed by atoms with Crippen LogP contribution in [0.2, 0.25) is 0 Å². The summed E-state index contributed by atoms with van der Waals surface area (Å²) in [5, 5.41) is 0. The van der Waals surface area contributed by atoms with E-state index in [2.05, 4.69) is 4.72 Å². The van der Waals surface area contributed by atoms with Gasteiger partial charge in [0, 0.05) is 11.7 Å². The van der Waals surface area contributed by atoms with Crippen molar-refractivity contribution in [2.75, 3.05) is 11.5 Å². The van der Waals surface area contributed by atoms with E-state index in [-0.39, 0.29) is 11.8 Å². The van der Waals surface area contributed by atoms with Crippen LogP contribution in [0.3, 0.4) is 0 Å². The van der Waals surface area contributed by atoms with Gasteiger partial charge in [-0.05, 0) is 42.5 Å². The molecule has 18 heavy (non-hydrogen) atoms. The number of fused-ring (bicyclic) bond motifs is 1. The highest BCUT2D eigenvalue weighted by atomic mass is 32.2. The highest BCUT2D eigenvalue weighted by Gasteiger charge is 2.26. The predicted octanol–water partition coefficient (Wildman–Crippen LogP) is 1.98. The maximum absolute atomic E-state index is 11.9. The fraction of sp³-hybridized carbons (Fsp3) is 0.538. The van der Waals surface area contributed by atoms with Crippen LogP contribution in [0, 0.1) is 0 Å². The lowest BCUT2D eigenvalue weighted by molar-refractivity contribution is 0.552. The zero-order valence-electron chi connectivity index (χ0n) is 10.6. The van der Waals surface area contributed by atoms with Gasteiger partial charge in [-0.3, -0.25) is 0 Å². The number of rotatable bonds is 5. The van der Waals surface area contributed by atoms with Gasteiger partial charge in [-0.2, -0.15) is 0 Å². The molecular weight excluding hydrogens is 248 g/mol. The first kappa shape index (κ1) is 13.4. The third kappa shape index (κ3) is 3.03. The summed E-state index contributed by atoms with van der Waals surface area (Å²) in [6, 6.07) is 5.63. The molecule has 0 fully saturated rings. The quantitative estimate of drug-likeness (QED) is 0.802. The number of benzene rings is 1. The fourth-order valence-corrected chi connectivity index (χ4v) is 3.83. The van der Waals surface area contributed by atoms with Crippen LogP contribution >= 0.6 is 0 Å². The first-order valence-electron chi connectivity index (χ1n) is 6.40. The van der Waals surface area contributed by atoms with Gasteiger partial charge in [0.05, 0.1) is 5.75 Å². The molecule has 2 rings (SSSR count). The molecule has 1 atom stereocenters. The van der Waals surface area contributed by atoms with Gasteiger partial charge in [0.25, 0.3) is 0 Å². The van der Waals surface area contributed by atoms with Crippen molar-refractivity contribution >= 4 is 15.7 Å². The molecule has 0 bridgehead atoms. The van der Waals surface area contributed by atoms with E-state index in [0.717, 1.165) is 36.1 Å². The van der Waals surface area contributed by atoms with Gasteiger partial charge in [-0.25, -0.2) is 13.1 Å². The van der Waals surface area contributed by atoms with Crippen molar-refractivity contribution in [3.63, 3.8) is 0 Å². The van der Waals surface area contributed by atoms with Crippen molar-refractivity contribution in [1.29, 1.82) is 0 Å². The Balaban J connectivity index is 2.10. The third-order valence-electron chi connectivity index (χ3n) is 3.33. The van der Waals surface area contributed by atoms with Gasteiger partial charge in [0.2, 0.25) is 10.0 Å². The number of sulfonamides is 1. The average Bonchev–Trinajstić information content (AvgIpc) is 2.68. The number of unbranched alkanes of at least 4 members (excludes halogenated alkanes) is 1. The van der Waals surface area contributed by atoms with Gasteiger partial charge in [-0.1, -0.05) is 19.4 Å². The fourth-order valence-electron chi connectivity index (χ4n) is 2.37. The van der Waals surface area contributed by atoms with E-state index in [4.69, 9.17) is 5.73 Å². The lowest BCUT2D eigenvalue weighted by atomic mass is 10.1. The zero-order chi connectivity index (χ0) is 13.2. The Hall–Kier alpha value is -1.07. The van der Waals surface area contributed by atoms with Crippen molar-refractivity contribution < 1.29 is 8.42 Å². The van der Waals surface area contributed by atoms with Gasteiger partial charge < -0.3 is 5.73 Å². The van der Waals surface area contributed by atoms with E-state index < -0.39 is 10.0 Å². The Morgan fingerprint density at radius 3 is 2.94 bits per heavy atom. The SMILES string of the molecule is CCCCS(=O)(=O)NC1CCc2cc(N)ccc21. The van der Waals surface area contributed by atoms with Crippen LogP contribution in [0.1, 0.15) is 43.4 Å². The Kier molecular flexibility index (Phi) is 3.92. The molecule has 5 heteroatoms. The van der Waals surface area contributed by atoms with Crippen molar-refractivity contribution in [1.82, 2.24) is 4.72 Å². The van der Waals surface area contributed by atoms with E-state index in [1.807, 2.05) is 25.1 Å². The molecule has 100 valence electrons. The molecular formula is C13H20N2O2S. The van der Waals surface area contributed by atoms with Crippen molar-refractivity contribution in [2.24, 2.45) is 0 Å². The monoisotopic (exact) mass is 268 g/mol. The Bertz CT molecular complexity index is 526. The van der Waals surface area contributed by atoms with E-state index in [9.17, 15) is 8.42 Å². The highest BCUT2D eigenvalue weighted by molar-refractivity contribution is 7.89. The summed E-state index contributed by atoms with van der Waals surface area (Å²) in [5.41, 5.74) is 8.71. The van der Waals surface area contributed by atoms with Crippen molar-refractivity contribution in [2.45, 2.75) is 38.6 Å². The van der Waals surface area contributed by atoms with Gasteiger partial charge in [0.15, 0.2) is 0 Å². The Labute approximate surface area is 109 Å². The van der Waals surface area contributed by atoms with Crippen LogP contribution in [-0.2, 0) is 16.4 Å². The lowest BCUT2D eigenvalue weighted by Gasteiger charge is -2.14. The standard InChI is InChI=1S/C13H20N2O2S/c1-2-3-8-18(16,17)15-13-7-4-10-9-11(14)5-6-12(10)13/h5-6,9,13,15H,2-4,7-8,14H2,1H3. The van der Waals surface area contributed by atoms with E-state index in [1.165, 1.54) is 0 Å². The molecule has 0 spiro atoms. The predicted molar refractivity (Wildman–Crippen MR) is 73.7 cm³/mol. The number of hydrogen-bond donors (Lipinski definition) is 2. The minimum absolute atomic E-state index is 0.0811. The van der Waals surface area contributed by atoms with Gasteiger partial charge in [-0.15, -0.1) is 0 Å². The molecule has 0 radical (unpaired) electrons. The molecule has 4 nitrogen and oxygen atoms in total. The number of anilines is 1. The largest absolute Gasteiger partial charge is 0.399 e. The number of nitrogens with two attached hydrogens (primary N) is 1. The maximum Gasteiger partial charge on any atom is 0.212 e. The van der Waals surface area contributed by atoms with Gasteiger partial charge >= 0.3 is 0 Å². The van der Waals surface area contributed by atoms with Crippen LogP contribution in [0.15, 0.2) is 18.2 Å². The molecule has 0 aliphatic heterocycles. The summed E-state index contributed by atoms with van der Waals surface area (Å²) in [5.74, 6) is 0.213. The van der Waals surface area contributed by atoms with Crippen LogP contribution in [-0.4, -0.2) is 14.2 Å². The summed E-state index contributed by atoms with van der Waals surface area (Å²) in [7, 11) is -3.16. The molecule has 0 saturated carbocycles. The van der Waals surface area contributed by atoms with Crippen molar-refractivity contribution in [3.05, 3.63) is 29.3 Å². The molecule has 0 heterocycles. The molecule has 1 aromatic rings. The first-order chi connectivity index (χ1) is 8.52. The zero-order valence-corrected chi connectivity index (χ0v) is 11.5. The Morgan fingerprint density at radius 2 is 2.22 bits per heavy atom. The third-order valence-corrected chi connectivity index (χ3v) is 4.80. The molecule has 1 aromatic carbocycles. The smallest absolute Gasteiger partial charge is 0.212 e. The summed E-state index contributed by atoms with van der Waals surface area (Å²) < 4.78 is 26.6. The lowest BCUT2D eigenvalue weighted by Crippen LogP contribution is -2.29. The summed E-state index contributed by atoms with van der Waals surface area (Å²) in [6.45, 7) is 1.99. The highest BCUT2D eigenvalue weighted by Crippen LogP contribution is 2.32. The topological polar surface area (TPSA) is 72.2 Å². The van der Waals surface area contributed by atoms with E-state index >= 15 is 0 Å². The summed E-state index contributed by atoms with van der Waals surface area (Å²) in [6.07, 6.45) is 3.31. The second-order valence-corrected chi connectivity index (χ2v) is 6.71. The van der Waals surface area contributed by atoms with Crippen LogP contribution < -0.4 is 10.5 Å². The van der Waals surface area contributed by atoms with Crippen LogP contribution in [0.5, 0.6) is 0 Å². The van der Waals surface area contributed by atoms with E-state index in [0.29, 0.717) is 6.42 Å². The number of nitrogen functional groups attached to an aromatic ring is 1. The first-order valence-corrected chi connectivity index (χ1v) is 8.05. The number of nitrogens with one attached hydrogen (secondary N) is 1. The molecule has 0 aromatic heterocycles. The normalized spacial score (nSPS) is 18.8. The number of hydrogen-bond acceptors (Lipinski definition) is 3. The molecule has 1 unspecified atom stereocenters. The van der Waals surface area contributed by atoms with Crippen LogP contribution in [0.25, 0.3) is 0 Å². The maximum atomic E-state index is 11.9. The number of aryl methyl sites for hydroxylation is 1. The van der Waals surface area contributed by atoms with E-state index in [1.54, 1.807) is 0 Å². The minimum atomic E-state index is -3.16. The molecule has 0 amide bonds. The summed E-state index contributed by atoms with van der Waals surface area (Å²) in [4.78, 5) is 0. The molecule has 1 aliphatic carbocycles. The van der Waals surface area contributed by atoms with Crippen LogP contribution in [0.4, 0.5) is 5.69 Å². The molecule has 1 aliphatic rings. The average molecular weight is 268 g/mol. The minimum Gasteiger partial charge on any atom is -0.399 e. The Morgan fingerprint density at radius 1 is 1.44 bits per heavy atom. The molecule has 0 saturated heterocycles. The van der Waals surface area contributed by atoms with Crippen molar-refractivity contribution in [3.8, 4) is 0 Å². The second-order valence-electron chi connectivity index (χ2n) is 4.84. The summed E-state index contributed by atoms with van der Waals surface area (Å²) >= 11 is 0. The van der Waals surface area contributed by atoms with Gasteiger partial charge in [0.1, 0.15) is 0 Å². The second kappa shape index (κ2) is 5.28. The molecule has 3 N–H and O–H groups in total.